The van der Waals surface area contributed by atoms with Crippen molar-refractivity contribution in [1.82, 2.24) is 14.8 Å². The Morgan fingerprint density at radius 2 is 2.38 bits per heavy atom. The SMILES string of the molecule is CCn1ncnc1CC(O)c1ccc(Br)s1. The molecule has 2 rings (SSSR count). The van der Waals surface area contributed by atoms with E-state index in [0.29, 0.717) is 6.42 Å². The van der Waals surface area contributed by atoms with Crippen LogP contribution in [0.15, 0.2) is 22.2 Å². The number of aliphatic hydroxyl groups excluding tert-OH is 1. The second-order valence-corrected chi connectivity index (χ2v) is 5.85. The molecule has 0 radical (unpaired) electrons. The Bertz CT molecular complexity index is 468. The fourth-order valence-electron chi connectivity index (χ4n) is 1.49. The van der Waals surface area contributed by atoms with Gasteiger partial charge in [-0.1, -0.05) is 0 Å². The lowest BCUT2D eigenvalue weighted by atomic mass is 10.2. The maximum atomic E-state index is 10.0. The van der Waals surface area contributed by atoms with E-state index in [4.69, 9.17) is 0 Å². The van der Waals surface area contributed by atoms with Crippen LogP contribution in [0.2, 0.25) is 0 Å². The highest BCUT2D eigenvalue weighted by Crippen LogP contribution is 2.28. The van der Waals surface area contributed by atoms with E-state index in [9.17, 15) is 5.11 Å². The normalized spacial score (nSPS) is 12.9. The van der Waals surface area contributed by atoms with Crippen molar-refractivity contribution in [2.75, 3.05) is 0 Å². The molecule has 0 aliphatic rings. The van der Waals surface area contributed by atoms with Gasteiger partial charge in [-0.15, -0.1) is 11.3 Å². The third kappa shape index (κ3) is 2.50. The van der Waals surface area contributed by atoms with Crippen LogP contribution in [0.4, 0.5) is 0 Å². The maximum Gasteiger partial charge on any atom is 0.138 e. The molecule has 1 unspecified atom stereocenters. The number of aromatic nitrogens is 3. The molecule has 0 aliphatic carbocycles. The van der Waals surface area contributed by atoms with E-state index in [1.54, 1.807) is 16.0 Å². The van der Waals surface area contributed by atoms with E-state index >= 15 is 0 Å². The zero-order chi connectivity index (χ0) is 11.5. The molecule has 0 spiro atoms. The summed E-state index contributed by atoms with van der Waals surface area (Å²) < 4.78 is 2.82. The van der Waals surface area contributed by atoms with Crippen LogP contribution in [-0.2, 0) is 13.0 Å². The molecular weight excluding hydrogens is 290 g/mol. The second kappa shape index (κ2) is 5.07. The molecule has 0 saturated heterocycles. The summed E-state index contributed by atoms with van der Waals surface area (Å²) in [5.74, 6) is 0.819. The van der Waals surface area contributed by atoms with E-state index in [1.807, 2.05) is 19.1 Å². The first kappa shape index (κ1) is 11.8. The predicted octanol–water partition coefficient (Wildman–Crippen LogP) is 2.40. The van der Waals surface area contributed by atoms with Gasteiger partial charge in [0.2, 0.25) is 0 Å². The first-order valence-corrected chi connectivity index (χ1v) is 6.61. The van der Waals surface area contributed by atoms with Crippen molar-refractivity contribution >= 4 is 27.3 Å². The summed E-state index contributed by atoms with van der Waals surface area (Å²) in [4.78, 5) is 5.09. The summed E-state index contributed by atoms with van der Waals surface area (Å²) in [5.41, 5.74) is 0. The Balaban J connectivity index is 2.10. The summed E-state index contributed by atoms with van der Waals surface area (Å²) >= 11 is 4.92. The minimum atomic E-state index is -0.509. The Labute approximate surface area is 106 Å². The van der Waals surface area contributed by atoms with Crippen molar-refractivity contribution < 1.29 is 5.11 Å². The molecular formula is C10H12BrN3OS. The second-order valence-electron chi connectivity index (χ2n) is 3.35. The van der Waals surface area contributed by atoms with Crippen LogP contribution in [0.1, 0.15) is 23.7 Å². The van der Waals surface area contributed by atoms with Crippen molar-refractivity contribution in [2.45, 2.75) is 26.0 Å². The molecule has 2 heterocycles. The van der Waals surface area contributed by atoms with Crippen LogP contribution >= 0.6 is 27.3 Å². The molecule has 2 aromatic heterocycles. The van der Waals surface area contributed by atoms with Crippen LogP contribution in [0.25, 0.3) is 0 Å². The van der Waals surface area contributed by atoms with Crippen LogP contribution in [-0.4, -0.2) is 19.9 Å². The molecule has 1 atom stereocenters. The summed E-state index contributed by atoms with van der Waals surface area (Å²) in [5, 5.41) is 14.1. The Kier molecular flexibility index (Phi) is 3.73. The number of aliphatic hydroxyl groups is 1. The quantitative estimate of drug-likeness (QED) is 0.943. The molecule has 0 amide bonds. The maximum absolute atomic E-state index is 10.0. The Morgan fingerprint density at radius 1 is 1.56 bits per heavy atom. The van der Waals surface area contributed by atoms with E-state index in [-0.39, 0.29) is 0 Å². The third-order valence-electron chi connectivity index (χ3n) is 2.29. The van der Waals surface area contributed by atoms with Crippen molar-refractivity contribution in [3.8, 4) is 0 Å². The van der Waals surface area contributed by atoms with Gasteiger partial charge >= 0.3 is 0 Å². The standard InChI is InChI=1S/C10H12BrN3OS/c1-2-14-10(12-6-13-14)5-7(15)8-3-4-9(11)16-8/h3-4,6-7,15H,2,5H2,1H3. The molecule has 0 saturated carbocycles. The Hall–Kier alpha value is -0.720. The molecule has 0 bridgehead atoms. The van der Waals surface area contributed by atoms with E-state index < -0.39 is 6.10 Å². The van der Waals surface area contributed by atoms with Crippen molar-refractivity contribution in [2.24, 2.45) is 0 Å². The predicted molar refractivity (Wildman–Crippen MR) is 66.4 cm³/mol. The van der Waals surface area contributed by atoms with Gasteiger partial charge in [-0.25, -0.2) is 4.98 Å². The number of nitrogens with zero attached hydrogens (tertiary/aromatic N) is 3. The van der Waals surface area contributed by atoms with Crippen LogP contribution in [0.5, 0.6) is 0 Å². The molecule has 2 aromatic rings. The first-order valence-electron chi connectivity index (χ1n) is 5.00. The third-order valence-corrected chi connectivity index (χ3v) is 4.02. The largest absolute Gasteiger partial charge is 0.387 e. The summed E-state index contributed by atoms with van der Waals surface area (Å²) in [6, 6.07) is 3.86. The van der Waals surface area contributed by atoms with Gasteiger partial charge in [0.25, 0.3) is 0 Å². The molecule has 6 heteroatoms. The average molecular weight is 302 g/mol. The van der Waals surface area contributed by atoms with Crippen LogP contribution in [0, 0.1) is 0 Å². The van der Waals surface area contributed by atoms with Crippen molar-refractivity contribution in [3.05, 3.63) is 32.9 Å². The average Bonchev–Trinajstić information content (AvgIpc) is 2.86. The topological polar surface area (TPSA) is 50.9 Å². The number of aryl methyl sites for hydroxylation is 1. The van der Waals surface area contributed by atoms with E-state index in [1.165, 1.54) is 6.33 Å². The minimum Gasteiger partial charge on any atom is -0.387 e. The fourth-order valence-corrected chi connectivity index (χ4v) is 2.90. The highest BCUT2D eigenvalue weighted by atomic mass is 79.9. The minimum absolute atomic E-state index is 0.501. The van der Waals surface area contributed by atoms with Gasteiger partial charge in [-0.3, -0.25) is 4.68 Å². The van der Waals surface area contributed by atoms with E-state index in [0.717, 1.165) is 21.0 Å². The molecule has 86 valence electrons. The number of hydrogen-bond donors (Lipinski definition) is 1. The smallest absolute Gasteiger partial charge is 0.138 e. The monoisotopic (exact) mass is 301 g/mol. The molecule has 4 nitrogen and oxygen atoms in total. The fraction of sp³-hybridized carbons (Fsp3) is 0.400. The Morgan fingerprint density at radius 3 is 3.00 bits per heavy atom. The number of halogens is 1. The number of thiophene rings is 1. The zero-order valence-electron chi connectivity index (χ0n) is 8.80. The van der Waals surface area contributed by atoms with Gasteiger partial charge in [-0.05, 0) is 35.0 Å². The van der Waals surface area contributed by atoms with Gasteiger partial charge in [0.1, 0.15) is 12.2 Å². The van der Waals surface area contributed by atoms with Gasteiger partial charge < -0.3 is 5.11 Å². The number of rotatable bonds is 4. The van der Waals surface area contributed by atoms with Crippen molar-refractivity contribution in [3.63, 3.8) is 0 Å². The highest BCUT2D eigenvalue weighted by molar-refractivity contribution is 9.11. The molecule has 0 fully saturated rings. The lowest BCUT2D eigenvalue weighted by Gasteiger charge is -2.08. The van der Waals surface area contributed by atoms with Crippen LogP contribution < -0.4 is 0 Å². The number of hydrogen-bond acceptors (Lipinski definition) is 4. The van der Waals surface area contributed by atoms with E-state index in [2.05, 4.69) is 26.0 Å². The lowest BCUT2D eigenvalue weighted by Crippen LogP contribution is -2.08. The van der Waals surface area contributed by atoms with Gasteiger partial charge in [0, 0.05) is 17.8 Å². The van der Waals surface area contributed by atoms with Crippen LogP contribution in [0.3, 0.4) is 0 Å². The zero-order valence-corrected chi connectivity index (χ0v) is 11.2. The summed E-state index contributed by atoms with van der Waals surface area (Å²) in [6.45, 7) is 2.78. The molecule has 0 aromatic carbocycles. The van der Waals surface area contributed by atoms with Gasteiger partial charge in [-0.2, -0.15) is 5.10 Å². The summed E-state index contributed by atoms with van der Waals surface area (Å²) in [7, 11) is 0. The summed E-state index contributed by atoms with van der Waals surface area (Å²) in [6.07, 6.45) is 1.52. The lowest BCUT2D eigenvalue weighted by molar-refractivity contribution is 0.178. The van der Waals surface area contributed by atoms with Gasteiger partial charge in [0.05, 0.1) is 9.89 Å². The molecule has 0 aliphatic heterocycles. The van der Waals surface area contributed by atoms with Gasteiger partial charge in [0.15, 0.2) is 0 Å². The first-order chi connectivity index (χ1) is 7.70. The van der Waals surface area contributed by atoms with Crippen molar-refractivity contribution in [1.29, 1.82) is 0 Å². The molecule has 1 N–H and O–H groups in total. The molecule has 16 heavy (non-hydrogen) atoms. The highest BCUT2D eigenvalue weighted by Gasteiger charge is 2.14.